The quantitative estimate of drug-likeness (QED) is 0.697. The summed E-state index contributed by atoms with van der Waals surface area (Å²) in [4.78, 5) is 13.2. The van der Waals surface area contributed by atoms with E-state index in [0.717, 1.165) is 13.1 Å². The minimum Gasteiger partial charge on any atom is -0.339 e. The van der Waals surface area contributed by atoms with E-state index in [0.29, 0.717) is 13.1 Å². The third-order valence-corrected chi connectivity index (χ3v) is 4.60. The maximum Gasteiger partial charge on any atom is 0.237 e. The molecule has 0 aromatic rings. The summed E-state index contributed by atoms with van der Waals surface area (Å²) >= 11 is 0. The Kier molecular flexibility index (Phi) is 4.10. The number of nitrogens with one attached hydrogen (secondary N) is 1. The first-order chi connectivity index (χ1) is 6.93. The summed E-state index contributed by atoms with van der Waals surface area (Å²) < 4.78 is 23.0. The molecular formula is C9H18N2O3S. The van der Waals surface area contributed by atoms with Gasteiger partial charge in [0, 0.05) is 26.2 Å². The zero-order chi connectivity index (χ0) is 11.5. The van der Waals surface area contributed by atoms with Gasteiger partial charge in [-0.25, -0.2) is 8.42 Å². The van der Waals surface area contributed by atoms with Crippen molar-refractivity contribution in [3.63, 3.8) is 0 Å². The second-order valence-corrected chi connectivity index (χ2v) is 6.54. The van der Waals surface area contributed by atoms with Crippen LogP contribution in [-0.4, -0.2) is 56.4 Å². The monoisotopic (exact) mass is 234 g/mol. The van der Waals surface area contributed by atoms with Crippen LogP contribution in [0.25, 0.3) is 0 Å². The molecule has 1 saturated heterocycles. The lowest BCUT2D eigenvalue weighted by molar-refractivity contribution is -0.128. The van der Waals surface area contributed by atoms with Gasteiger partial charge >= 0.3 is 0 Å². The van der Waals surface area contributed by atoms with E-state index >= 15 is 0 Å². The van der Waals surface area contributed by atoms with Gasteiger partial charge in [-0.15, -0.1) is 0 Å². The largest absolute Gasteiger partial charge is 0.339 e. The fraction of sp³-hybridized carbons (Fsp3) is 0.889. The molecular weight excluding hydrogens is 216 g/mol. The Morgan fingerprint density at radius 2 is 1.87 bits per heavy atom. The van der Waals surface area contributed by atoms with Gasteiger partial charge in [0.25, 0.3) is 0 Å². The second-order valence-electron chi connectivity index (χ2n) is 3.99. The number of amides is 1. The van der Waals surface area contributed by atoms with Crippen molar-refractivity contribution in [2.45, 2.75) is 19.1 Å². The molecule has 5 nitrogen and oxygen atoms in total. The van der Waals surface area contributed by atoms with Gasteiger partial charge in [-0.3, -0.25) is 4.79 Å². The summed E-state index contributed by atoms with van der Waals surface area (Å²) in [6.07, 6.45) is 0. The highest BCUT2D eigenvalue weighted by atomic mass is 32.2. The van der Waals surface area contributed by atoms with Crippen molar-refractivity contribution >= 4 is 15.7 Å². The van der Waals surface area contributed by atoms with Crippen LogP contribution in [0.3, 0.4) is 0 Å². The van der Waals surface area contributed by atoms with Crippen LogP contribution in [0.15, 0.2) is 0 Å². The summed E-state index contributed by atoms with van der Waals surface area (Å²) in [5.74, 6) is -0.629. The Morgan fingerprint density at radius 3 is 2.33 bits per heavy atom. The van der Waals surface area contributed by atoms with E-state index in [2.05, 4.69) is 5.32 Å². The zero-order valence-corrected chi connectivity index (χ0v) is 10.0. The lowest BCUT2D eigenvalue weighted by atomic mass is 10.3. The highest BCUT2D eigenvalue weighted by Crippen LogP contribution is 2.03. The molecule has 0 aliphatic carbocycles. The molecule has 88 valence electrons. The lowest BCUT2D eigenvalue weighted by Gasteiger charge is -2.27. The van der Waals surface area contributed by atoms with Crippen LogP contribution >= 0.6 is 0 Å². The Morgan fingerprint density at radius 1 is 1.33 bits per heavy atom. The average Bonchev–Trinajstić information content (AvgIpc) is 2.18. The van der Waals surface area contributed by atoms with Gasteiger partial charge in [0.15, 0.2) is 9.84 Å². The van der Waals surface area contributed by atoms with Crippen molar-refractivity contribution in [3.05, 3.63) is 0 Å². The molecule has 1 aliphatic rings. The zero-order valence-electron chi connectivity index (χ0n) is 9.19. The standard InChI is InChI=1S/C9H18N2O3S/c1-8(2)15(13,14)7-9(12)11-5-3-10-4-6-11/h8,10H,3-7H2,1-2H3. The fourth-order valence-corrected chi connectivity index (χ4v) is 2.20. The molecule has 0 atom stereocenters. The molecule has 15 heavy (non-hydrogen) atoms. The molecule has 1 fully saturated rings. The molecule has 6 heteroatoms. The van der Waals surface area contributed by atoms with Crippen LogP contribution in [0.2, 0.25) is 0 Å². The van der Waals surface area contributed by atoms with Crippen molar-refractivity contribution < 1.29 is 13.2 Å². The van der Waals surface area contributed by atoms with Crippen LogP contribution < -0.4 is 5.32 Å². The van der Waals surface area contributed by atoms with E-state index in [4.69, 9.17) is 0 Å². The fourth-order valence-electron chi connectivity index (χ4n) is 1.34. The average molecular weight is 234 g/mol. The number of carbonyl (C=O) groups excluding carboxylic acids is 1. The van der Waals surface area contributed by atoms with Crippen LogP contribution in [0.5, 0.6) is 0 Å². The number of piperazine rings is 1. The molecule has 0 saturated carbocycles. The smallest absolute Gasteiger partial charge is 0.237 e. The van der Waals surface area contributed by atoms with E-state index in [1.807, 2.05) is 0 Å². The minimum absolute atomic E-state index is 0.273. The molecule has 0 aromatic carbocycles. The summed E-state index contributed by atoms with van der Waals surface area (Å²) in [5, 5.41) is 2.63. The number of hydrogen-bond donors (Lipinski definition) is 1. The predicted octanol–water partition coefficient (Wildman–Crippen LogP) is -0.759. The van der Waals surface area contributed by atoms with Crippen LogP contribution in [-0.2, 0) is 14.6 Å². The van der Waals surface area contributed by atoms with Gasteiger partial charge < -0.3 is 10.2 Å². The van der Waals surface area contributed by atoms with E-state index in [-0.39, 0.29) is 11.7 Å². The van der Waals surface area contributed by atoms with Crippen molar-refractivity contribution in [3.8, 4) is 0 Å². The van der Waals surface area contributed by atoms with Gasteiger partial charge in [-0.1, -0.05) is 0 Å². The topological polar surface area (TPSA) is 66.5 Å². The van der Waals surface area contributed by atoms with Crippen LogP contribution in [0.4, 0.5) is 0 Å². The molecule has 0 spiro atoms. The Balaban J connectivity index is 2.55. The highest BCUT2D eigenvalue weighted by molar-refractivity contribution is 7.92. The van der Waals surface area contributed by atoms with E-state index < -0.39 is 15.1 Å². The number of rotatable bonds is 3. The Labute approximate surface area is 90.7 Å². The summed E-state index contributed by atoms with van der Waals surface area (Å²) in [6.45, 7) is 5.89. The molecule has 0 radical (unpaired) electrons. The summed E-state index contributed by atoms with van der Waals surface area (Å²) in [6, 6.07) is 0. The molecule has 0 unspecified atom stereocenters. The molecule has 1 amide bonds. The number of hydrogen-bond acceptors (Lipinski definition) is 4. The first kappa shape index (κ1) is 12.4. The Bertz CT molecular complexity index is 318. The highest BCUT2D eigenvalue weighted by Gasteiger charge is 2.25. The predicted molar refractivity (Wildman–Crippen MR) is 58.4 cm³/mol. The molecule has 1 N–H and O–H groups in total. The number of nitrogens with zero attached hydrogens (tertiary/aromatic N) is 1. The Hall–Kier alpha value is -0.620. The van der Waals surface area contributed by atoms with Crippen molar-refractivity contribution in [2.24, 2.45) is 0 Å². The third-order valence-electron chi connectivity index (χ3n) is 2.51. The summed E-state index contributed by atoms with van der Waals surface area (Å²) in [7, 11) is -3.26. The van der Waals surface area contributed by atoms with Crippen molar-refractivity contribution in [1.29, 1.82) is 0 Å². The van der Waals surface area contributed by atoms with Crippen LogP contribution in [0, 0.1) is 0 Å². The SMILES string of the molecule is CC(C)S(=O)(=O)CC(=O)N1CCNCC1. The first-order valence-electron chi connectivity index (χ1n) is 5.13. The molecule has 1 rings (SSSR count). The molecule has 0 bridgehead atoms. The third kappa shape index (κ3) is 3.46. The van der Waals surface area contributed by atoms with Gasteiger partial charge in [-0.2, -0.15) is 0 Å². The summed E-state index contributed by atoms with van der Waals surface area (Å²) in [5.41, 5.74) is 0. The lowest BCUT2D eigenvalue weighted by Crippen LogP contribution is -2.48. The van der Waals surface area contributed by atoms with E-state index in [1.165, 1.54) is 0 Å². The van der Waals surface area contributed by atoms with Crippen molar-refractivity contribution in [2.75, 3.05) is 31.9 Å². The number of carbonyl (C=O) groups is 1. The second kappa shape index (κ2) is 4.94. The van der Waals surface area contributed by atoms with Gasteiger partial charge in [0.2, 0.25) is 5.91 Å². The van der Waals surface area contributed by atoms with Crippen molar-refractivity contribution in [1.82, 2.24) is 10.2 Å². The van der Waals surface area contributed by atoms with Gasteiger partial charge in [-0.05, 0) is 13.8 Å². The van der Waals surface area contributed by atoms with Crippen LogP contribution in [0.1, 0.15) is 13.8 Å². The maximum absolute atomic E-state index is 11.6. The first-order valence-corrected chi connectivity index (χ1v) is 6.85. The van der Waals surface area contributed by atoms with E-state index in [9.17, 15) is 13.2 Å². The van der Waals surface area contributed by atoms with Gasteiger partial charge in [0.05, 0.1) is 5.25 Å². The van der Waals surface area contributed by atoms with Gasteiger partial charge in [0.1, 0.15) is 5.75 Å². The van der Waals surface area contributed by atoms with E-state index in [1.54, 1.807) is 18.7 Å². The maximum atomic E-state index is 11.6. The number of sulfone groups is 1. The molecule has 1 heterocycles. The molecule has 0 aromatic heterocycles. The molecule has 1 aliphatic heterocycles. The minimum atomic E-state index is -3.26. The normalized spacial score (nSPS) is 18.2.